The van der Waals surface area contributed by atoms with E-state index in [-0.39, 0.29) is 41.3 Å². The Labute approximate surface area is 361 Å². The van der Waals surface area contributed by atoms with Crippen molar-refractivity contribution in [2.45, 2.75) is 48.6 Å². The molecule has 0 fully saturated rings. The molecule has 5 aromatic carbocycles. The summed E-state index contributed by atoms with van der Waals surface area (Å²) in [5.41, 5.74) is 4.82. The zero-order chi connectivity index (χ0) is 43.6. The van der Waals surface area contributed by atoms with Crippen LogP contribution in [0.15, 0.2) is 124 Å². The summed E-state index contributed by atoms with van der Waals surface area (Å²) in [7, 11) is -7.84. The average Bonchev–Trinajstić information content (AvgIpc) is 3.58. The summed E-state index contributed by atoms with van der Waals surface area (Å²) < 4.78 is 56.7. The quantitative estimate of drug-likeness (QED) is 0.0661. The molecule has 6 aromatic rings. The summed E-state index contributed by atoms with van der Waals surface area (Å²) in [6.07, 6.45) is 2.13. The number of anilines is 3. The van der Waals surface area contributed by atoms with E-state index in [1.807, 2.05) is 36.4 Å². The number of amides is 1. The van der Waals surface area contributed by atoms with Gasteiger partial charge in [-0.05, 0) is 109 Å². The molecular formula is C42H38Cl2N4O9S3. The van der Waals surface area contributed by atoms with Crippen molar-refractivity contribution < 1.29 is 41.4 Å². The number of para-hydroxylation sites is 2. The van der Waals surface area contributed by atoms with Crippen molar-refractivity contribution in [3.05, 3.63) is 164 Å². The van der Waals surface area contributed by atoms with Crippen LogP contribution in [0.4, 0.5) is 16.5 Å². The van der Waals surface area contributed by atoms with Gasteiger partial charge in [-0.2, -0.15) is 0 Å². The lowest BCUT2D eigenvalue weighted by molar-refractivity contribution is -0.114. The van der Waals surface area contributed by atoms with E-state index < -0.39 is 32.0 Å². The number of nitrogens with one attached hydrogen (secondary N) is 3. The topological polar surface area (TPSA) is 209 Å². The Morgan fingerprint density at radius 1 is 0.650 bits per heavy atom. The highest BCUT2D eigenvalue weighted by Crippen LogP contribution is 2.31. The highest BCUT2D eigenvalue weighted by Gasteiger charge is 2.24. The Morgan fingerprint density at radius 2 is 1.15 bits per heavy atom. The third-order valence-electron chi connectivity index (χ3n) is 8.70. The van der Waals surface area contributed by atoms with Gasteiger partial charge >= 0.3 is 11.9 Å². The Kier molecular flexibility index (Phi) is 15.1. The van der Waals surface area contributed by atoms with E-state index in [2.05, 4.69) is 19.7 Å². The Hall–Kier alpha value is -5.78. The minimum Gasteiger partial charge on any atom is -0.478 e. The second-order valence-electron chi connectivity index (χ2n) is 13.2. The number of benzene rings is 5. The number of carbonyl (C=O) groups excluding carboxylic acids is 1. The number of thiazole rings is 1. The minimum atomic E-state index is -3.93. The van der Waals surface area contributed by atoms with E-state index in [1.54, 1.807) is 55.5 Å². The molecule has 312 valence electrons. The molecule has 0 unspecified atom stereocenters. The van der Waals surface area contributed by atoms with Crippen molar-refractivity contribution >= 4 is 88.9 Å². The molecule has 1 aromatic heterocycles. The summed E-state index contributed by atoms with van der Waals surface area (Å²) in [4.78, 5) is 37.5. The third kappa shape index (κ3) is 12.4. The number of aromatic nitrogens is 1. The average molecular weight is 910 g/mol. The van der Waals surface area contributed by atoms with Gasteiger partial charge in [0.05, 0.1) is 33.2 Å². The Bertz CT molecular complexity index is 2780. The number of halogens is 2. The van der Waals surface area contributed by atoms with Gasteiger partial charge in [0.25, 0.3) is 20.0 Å². The first-order valence-corrected chi connectivity index (χ1v) is 22.5. The fraction of sp³-hybridized carbons (Fsp3) is 0.143. The fourth-order valence-corrected chi connectivity index (χ4v) is 10.3. The van der Waals surface area contributed by atoms with Crippen LogP contribution in [0.25, 0.3) is 0 Å². The molecule has 0 atom stereocenters. The molecule has 0 spiro atoms. The summed E-state index contributed by atoms with van der Waals surface area (Å²) in [5, 5.41) is 21.3. The molecule has 0 saturated carbocycles. The number of aryl methyl sites for hydroxylation is 5. The smallest absolute Gasteiger partial charge is 0.335 e. The van der Waals surface area contributed by atoms with Gasteiger partial charge in [-0.15, -0.1) is 0 Å². The van der Waals surface area contributed by atoms with Gasteiger partial charge < -0.3 is 15.5 Å². The standard InChI is InChI=1S/C21H17Cl2NO4S.C21H21N3O5S2/c22-17-10-11-18(23)20(13-17)29(27,28)24-19-7-2-1-5-15(19)9-8-14-4-3-6-16(12-14)21(25)26;1-13-20(30-21(22-13)23-14(2)25)31(28,29)24-18-9-4-3-7-16(18)11-10-15-6-5-8-17(12-15)19(26)27/h1-7,10-13,24H,8-9H2,(H,25,26);3-9,12,24H,10-11H2,1-2H3,(H,26,27)(H,22,23,25). The molecule has 0 aliphatic heterocycles. The van der Waals surface area contributed by atoms with Gasteiger partial charge in [0.15, 0.2) is 9.34 Å². The maximum absolute atomic E-state index is 12.9. The predicted octanol–water partition coefficient (Wildman–Crippen LogP) is 8.97. The van der Waals surface area contributed by atoms with Crippen LogP contribution in [0.3, 0.4) is 0 Å². The highest BCUT2D eigenvalue weighted by molar-refractivity contribution is 7.94. The van der Waals surface area contributed by atoms with Gasteiger partial charge in [0, 0.05) is 11.9 Å². The summed E-state index contributed by atoms with van der Waals surface area (Å²) >= 11 is 12.8. The SMILES string of the molecule is CC(=O)Nc1nc(C)c(S(=O)(=O)Nc2ccccc2CCc2cccc(C(=O)O)c2)s1.O=C(O)c1cccc(CCc2ccccc2NS(=O)(=O)c2cc(Cl)ccc2Cl)c1. The monoisotopic (exact) mass is 908 g/mol. The Balaban J connectivity index is 0.000000228. The van der Waals surface area contributed by atoms with Crippen LogP contribution in [-0.2, 0) is 50.5 Å². The van der Waals surface area contributed by atoms with Crippen LogP contribution in [-0.4, -0.2) is 49.9 Å². The van der Waals surface area contributed by atoms with E-state index >= 15 is 0 Å². The first kappa shape index (κ1) is 45.3. The normalized spacial score (nSPS) is 11.2. The number of hydrogen-bond acceptors (Lipinski definition) is 9. The zero-order valence-electron chi connectivity index (χ0n) is 32.0. The number of aromatic carboxylic acids is 2. The molecule has 0 saturated heterocycles. The van der Waals surface area contributed by atoms with E-state index in [4.69, 9.17) is 33.4 Å². The number of carboxylic acids is 2. The number of nitrogens with zero attached hydrogens (tertiary/aromatic N) is 1. The molecule has 18 heteroatoms. The summed E-state index contributed by atoms with van der Waals surface area (Å²) in [6, 6.07) is 31.6. The number of sulfonamides is 2. The first-order valence-electron chi connectivity index (χ1n) is 18.0. The minimum absolute atomic E-state index is 0.0280. The molecule has 1 heterocycles. The molecule has 0 radical (unpaired) electrons. The fourth-order valence-electron chi connectivity index (χ4n) is 5.86. The van der Waals surface area contributed by atoms with Crippen molar-refractivity contribution in [2.75, 3.05) is 14.8 Å². The van der Waals surface area contributed by atoms with Crippen LogP contribution >= 0.6 is 34.5 Å². The van der Waals surface area contributed by atoms with Crippen LogP contribution in [0.2, 0.25) is 10.0 Å². The van der Waals surface area contributed by atoms with E-state index in [0.29, 0.717) is 42.8 Å². The molecule has 0 aliphatic carbocycles. The lowest BCUT2D eigenvalue weighted by Crippen LogP contribution is -2.15. The van der Waals surface area contributed by atoms with Gasteiger partial charge in [0.2, 0.25) is 5.91 Å². The maximum atomic E-state index is 12.9. The van der Waals surface area contributed by atoms with Gasteiger partial charge in [-0.3, -0.25) is 14.2 Å². The van der Waals surface area contributed by atoms with Crippen LogP contribution in [0.5, 0.6) is 0 Å². The van der Waals surface area contributed by atoms with Crippen molar-refractivity contribution in [2.24, 2.45) is 0 Å². The molecule has 60 heavy (non-hydrogen) atoms. The molecule has 6 rings (SSSR count). The van der Waals surface area contributed by atoms with E-state index in [9.17, 15) is 31.2 Å². The zero-order valence-corrected chi connectivity index (χ0v) is 35.9. The molecule has 5 N–H and O–H groups in total. The van der Waals surface area contributed by atoms with Gasteiger partial charge in [0.1, 0.15) is 4.90 Å². The van der Waals surface area contributed by atoms with Crippen molar-refractivity contribution in [3.8, 4) is 0 Å². The largest absolute Gasteiger partial charge is 0.478 e. The maximum Gasteiger partial charge on any atom is 0.335 e. The van der Waals surface area contributed by atoms with Crippen LogP contribution in [0, 0.1) is 6.92 Å². The lowest BCUT2D eigenvalue weighted by atomic mass is 10.0. The lowest BCUT2D eigenvalue weighted by Gasteiger charge is -2.14. The van der Waals surface area contributed by atoms with Gasteiger partial charge in [-0.25, -0.2) is 31.4 Å². The first-order chi connectivity index (χ1) is 28.4. The number of rotatable bonds is 15. The second kappa shape index (κ2) is 20.0. The molecule has 0 aliphatic rings. The third-order valence-corrected chi connectivity index (χ3v) is 13.8. The summed E-state index contributed by atoms with van der Waals surface area (Å²) in [5.74, 6) is -2.31. The molecule has 0 bridgehead atoms. The predicted molar refractivity (Wildman–Crippen MR) is 234 cm³/mol. The Morgan fingerprint density at radius 3 is 1.65 bits per heavy atom. The van der Waals surface area contributed by atoms with Crippen molar-refractivity contribution in [3.63, 3.8) is 0 Å². The number of carbonyl (C=O) groups is 3. The molecule has 1 amide bonds. The van der Waals surface area contributed by atoms with Crippen LogP contribution < -0.4 is 14.8 Å². The van der Waals surface area contributed by atoms with Crippen molar-refractivity contribution in [1.29, 1.82) is 0 Å². The van der Waals surface area contributed by atoms with E-state index in [1.165, 1.54) is 37.3 Å². The number of hydrogen-bond donors (Lipinski definition) is 5. The molecular weight excluding hydrogens is 872 g/mol. The summed E-state index contributed by atoms with van der Waals surface area (Å²) in [6.45, 7) is 2.89. The second-order valence-corrected chi connectivity index (χ2v) is 18.6. The van der Waals surface area contributed by atoms with E-state index in [0.717, 1.165) is 33.6 Å². The highest BCUT2D eigenvalue weighted by atomic mass is 35.5. The molecule has 13 nitrogen and oxygen atoms in total. The van der Waals surface area contributed by atoms with Crippen molar-refractivity contribution in [1.82, 2.24) is 4.98 Å². The number of carboxylic acid groups (broad SMARTS) is 2. The van der Waals surface area contributed by atoms with Crippen LogP contribution in [0.1, 0.15) is 55.6 Å². The van der Waals surface area contributed by atoms with Gasteiger partial charge in [-0.1, -0.05) is 95.2 Å².